The number of rotatable bonds is 3. The number of carbonyl (C=O) groups excluding carboxylic acids is 1. The van der Waals surface area contributed by atoms with Crippen molar-refractivity contribution in [3.05, 3.63) is 81.8 Å². The van der Waals surface area contributed by atoms with Gasteiger partial charge in [0.05, 0.1) is 16.3 Å². The third-order valence-corrected chi connectivity index (χ3v) is 3.80. The maximum Gasteiger partial charge on any atom is 0.271 e. The zero-order valence-corrected chi connectivity index (χ0v) is 12.8. The Bertz CT molecular complexity index is 968. The fraction of sp³-hybridized carbons (Fsp3) is 0. The number of fused-ring (bicyclic) bond motifs is 1. The molecular formula is C17H12FN3O4. The summed E-state index contributed by atoms with van der Waals surface area (Å²) in [4.78, 5) is 23.6. The van der Waals surface area contributed by atoms with Gasteiger partial charge in [-0.2, -0.15) is 0 Å². The van der Waals surface area contributed by atoms with E-state index >= 15 is 0 Å². The van der Waals surface area contributed by atoms with Crippen molar-refractivity contribution in [2.24, 2.45) is 5.73 Å². The first-order chi connectivity index (χ1) is 11.8. The number of nitro groups is 1. The highest BCUT2D eigenvalue weighted by atomic mass is 19.1. The summed E-state index contributed by atoms with van der Waals surface area (Å²) in [5.74, 6) is -1.90. The molecule has 8 heteroatoms. The zero-order chi connectivity index (χ0) is 18.3. The van der Waals surface area contributed by atoms with Gasteiger partial charge in [0.15, 0.2) is 0 Å². The summed E-state index contributed by atoms with van der Waals surface area (Å²) in [6.07, 6.45) is 0. The summed E-state index contributed by atoms with van der Waals surface area (Å²) in [7, 11) is 0. The van der Waals surface area contributed by atoms with Gasteiger partial charge in [-0.25, -0.2) is 4.39 Å². The second-order valence-corrected chi connectivity index (χ2v) is 5.31. The minimum absolute atomic E-state index is 0.0106. The molecule has 2 aromatic rings. The monoisotopic (exact) mass is 341 g/mol. The van der Waals surface area contributed by atoms with Gasteiger partial charge in [0.25, 0.3) is 11.6 Å². The third-order valence-electron chi connectivity index (χ3n) is 3.80. The van der Waals surface area contributed by atoms with Gasteiger partial charge in [-0.3, -0.25) is 14.9 Å². The Kier molecular flexibility index (Phi) is 3.72. The van der Waals surface area contributed by atoms with Crippen LogP contribution in [0.1, 0.15) is 5.56 Å². The van der Waals surface area contributed by atoms with E-state index < -0.39 is 22.4 Å². The molecule has 0 aromatic heterocycles. The maximum absolute atomic E-state index is 13.6. The predicted molar refractivity (Wildman–Crippen MR) is 89.5 cm³/mol. The van der Waals surface area contributed by atoms with E-state index in [1.165, 1.54) is 47.4 Å². The third kappa shape index (κ3) is 2.59. The molecule has 3 rings (SSSR count). The second-order valence-electron chi connectivity index (χ2n) is 5.31. The Morgan fingerprint density at radius 1 is 1.28 bits per heavy atom. The molecule has 25 heavy (non-hydrogen) atoms. The van der Waals surface area contributed by atoms with Crippen molar-refractivity contribution in [1.82, 2.24) is 0 Å². The Morgan fingerprint density at radius 2 is 2.00 bits per heavy atom. The molecule has 0 aliphatic carbocycles. The van der Waals surface area contributed by atoms with E-state index in [4.69, 9.17) is 5.73 Å². The Labute approximate surface area is 141 Å². The average molecular weight is 341 g/mol. The highest BCUT2D eigenvalue weighted by Gasteiger charge is 2.33. The normalized spacial score (nSPS) is 13.6. The van der Waals surface area contributed by atoms with Gasteiger partial charge in [-0.1, -0.05) is 12.6 Å². The van der Waals surface area contributed by atoms with Crippen LogP contribution in [0.25, 0.3) is 5.76 Å². The molecular weight excluding hydrogens is 329 g/mol. The summed E-state index contributed by atoms with van der Waals surface area (Å²) in [6, 6.07) is 9.08. The molecule has 0 atom stereocenters. The van der Waals surface area contributed by atoms with E-state index in [1.807, 2.05) is 0 Å². The van der Waals surface area contributed by atoms with Crippen LogP contribution in [0.5, 0.6) is 0 Å². The lowest BCUT2D eigenvalue weighted by Gasteiger charge is -2.33. The van der Waals surface area contributed by atoms with Gasteiger partial charge < -0.3 is 15.7 Å². The smallest absolute Gasteiger partial charge is 0.271 e. The van der Waals surface area contributed by atoms with Crippen molar-refractivity contribution in [1.29, 1.82) is 0 Å². The molecule has 1 heterocycles. The summed E-state index contributed by atoms with van der Waals surface area (Å²) in [5, 5.41) is 21.4. The number of benzene rings is 2. The van der Waals surface area contributed by atoms with Gasteiger partial charge in [-0.05, 0) is 24.3 Å². The summed E-state index contributed by atoms with van der Waals surface area (Å²) in [5.41, 5.74) is 5.45. The molecule has 1 aliphatic heterocycles. The number of non-ortho nitro benzene ring substituents is 1. The summed E-state index contributed by atoms with van der Waals surface area (Å²) in [6.45, 7) is 3.74. The summed E-state index contributed by atoms with van der Waals surface area (Å²) < 4.78 is 13.6. The lowest BCUT2D eigenvalue weighted by atomic mass is 9.96. The van der Waals surface area contributed by atoms with Crippen LogP contribution in [-0.4, -0.2) is 15.9 Å². The van der Waals surface area contributed by atoms with Crippen LogP contribution in [0.2, 0.25) is 0 Å². The van der Waals surface area contributed by atoms with Gasteiger partial charge in [0.2, 0.25) is 0 Å². The quantitative estimate of drug-likeness (QED) is 0.658. The molecule has 1 aliphatic rings. The molecule has 126 valence electrons. The topological polar surface area (TPSA) is 110 Å². The fourth-order valence-corrected chi connectivity index (χ4v) is 2.72. The van der Waals surface area contributed by atoms with Crippen molar-refractivity contribution >= 4 is 28.7 Å². The van der Waals surface area contributed by atoms with Crippen LogP contribution < -0.4 is 10.6 Å². The van der Waals surface area contributed by atoms with E-state index in [0.717, 1.165) is 0 Å². The minimum Gasteiger partial charge on any atom is -0.506 e. The van der Waals surface area contributed by atoms with E-state index in [2.05, 4.69) is 6.58 Å². The van der Waals surface area contributed by atoms with E-state index in [0.29, 0.717) is 0 Å². The molecule has 0 radical (unpaired) electrons. The Hall–Kier alpha value is -3.68. The first kappa shape index (κ1) is 16.2. The highest BCUT2D eigenvalue weighted by molar-refractivity contribution is 6.08. The zero-order valence-electron chi connectivity index (χ0n) is 12.8. The number of primary amides is 1. The largest absolute Gasteiger partial charge is 0.506 e. The maximum atomic E-state index is 13.6. The van der Waals surface area contributed by atoms with Crippen LogP contribution in [0.15, 0.2) is 60.3 Å². The number of hydrogen-bond donors (Lipinski definition) is 2. The van der Waals surface area contributed by atoms with Crippen LogP contribution in [0, 0.1) is 15.9 Å². The van der Waals surface area contributed by atoms with Crippen molar-refractivity contribution in [3.8, 4) is 0 Å². The number of amides is 1. The van der Waals surface area contributed by atoms with Crippen molar-refractivity contribution in [3.63, 3.8) is 0 Å². The molecule has 0 fully saturated rings. The number of anilines is 2. The highest BCUT2D eigenvalue weighted by Crippen LogP contribution is 2.44. The molecule has 3 N–H and O–H groups in total. The molecule has 1 amide bonds. The van der Waals surface area contributed by atoms with Crippen LogP contribution in [-0.2, 0) is 4.79 Å². The number of halogens is 1. The van der Waals surface area contributed by atoms with Crippen molar-refractivity contribution < 1.29 is 19.2 Å². The Balaban J connectivity index is 2.33. The first-order valence-corrected chi connectivity index (χ1v) is 7.08. The molecule has 0 bridgehead atoms. The molecule has 0 spiro atoms. The number of nitrogens with zero attached hydrogens (tertiary/aromatic N) is 2. The SMILES string of the molecule is C=C1C(C(N)=O)=C(O)c2ccc([N+](=O)[O-])cc2N1c1cccc(F)c1. The van der Waals surface area contributed by atoms with E-state index in [9.17, 15) is 24.4 Å². The number of aliphatic hydroxyl groups is 1. The van der Waals surface area contributed by atoms with Crippen molar-refractivity contribution in [2.45, 2.75) is 0 Å². The predicted octanol–water partition coefficient (Wildman–Crippen LogP) is 3.15. The average Bonchev–Trinajstić information content (AvgIpc) is 2.54. The van der Waals surface area contributed by atoms with E-state index in [-0.39, 0.29) is 33.9 Å². The number of nitro benzene ring substituents is 1. The Morgan fingerprint density at radius 3 is 2.60 bits per heavy atom. The molecule has 0 saturated carbocycles. The number of hydrogen-bond acceptors (Lipinski definition) is 5. The van der Waals surface area contributed by atoms with E-state index in [1.54, 1.807) is 0 Å². The first-order valence-electron chi connectivity index (χ1n) is 7.08. The summed E-state index contributed by atoms with van der Waals surface area (Å²) >= 11 is 0. The molecule has 0 unspecified atom stereocenters. The standard InChI is InChI=1S/C17H12FN3O4/c1-9-15(17(19)23)16(22)13-6-5-12(21(24)25)8-14(13)20(9)11-4-2-3-10(18)7-11/h2-8,22H,1H2,(H2,19,23). The molecule has 7 nitrogen and oxygen atoms in total. The number of aliphatic hydroxyl groups excluding tert-OH is 1. The lowest BCUT2D eigenvalue weighted by molar-refractivity contribution is -0.384. The van der Waals surface area contributed by atoms with Gasteiger partial charge >= 0.3 is 0 Å². The number of carbonyl (C=O) groups is 1. The van der Waals surface area contributed by atoms with Crippen LogP contribution in [0.3, 0.4) is 0 Å². The van der Waals surface area contributed by atoms with Crippen LogP contribution >= 0.6 is 0 Å². The molecule has 0 saturated heterocycles. The van der Waals surface area contributed by atoms with Gasteiger partial charge in [-0.15, -0.1) is 0 Å². The van der Waals surface area contributed by atoms with Crippen molar-refractivity contribution in [2.75, 3.05) is 4.90 Å². The van der Waals surface area contributed by atoms with Crippen LogP contribution in [0.4, 0.5) is 21.5 Å². The minimum atomic E-state index is -0.923. The lowest BCUT2D eigenvalue weighted by Crippen LogP contribution is -2.29. The fourth-order valence-electron chi connectivity index (χ4n) is 2.72. The van der Waals surface area contributed by atoms with Gasteiger partial charge in [0, 0.05) is 23.4 Å². The number of nitrogens with two attached hydrogens (primary N) is 1. The second kappa shape index (κ2) is 5.75. The van der Waals surface area contributed by atoms with Gasteiger partial charge in [0.1, 0.15) is 17.1 Å². The molecule has 2 aromatic carbocycles.